The molecule has 0 aliphatic carbocycles. The van der Waals surface area contributed by atoms with Crippen molar-refractivity contribution < 1.29 is 80.2 Å². The molecule has 3 N–H and O–H groups in total. The molecular weight excluding hydrogens is 1280 g/mol. The van der Waals surface area contributed by atoms with Crippen molar-refractivity contribution in [1.82, 2.24) is 0 Å². The number of unbranched alkanes of at least 4 members (excludes halogenated alkanes) is 51. The molecule has 0 radical (unpaired) electrons. The summed E-state index contributed by atoms with van der Waals surface area (Å²) in [5.41, 5.74) is 0. The fourth-order valence-corrected chi connectivity index (χ4v) is 13.8. The van der Waals surface area contributed by atoms with E-state index in [0.29, 0.717) is 25.7 Å². The maximum absolute atomic E-state index is 13.1. The molecule has 5 atom stereocenters. The highest BCUT2D eigenvalue weighted by atomic mass is 31.2. The van der Waals surface area contributed by atoms with Gasteiger partial charge in [-0.1, -0.05) is 369 Å². The zero-order valence-electron chi connectivity index (χ0n) is 63.9. The van der Waals surface area contributed by atoms with Crippen LogP contribution in [0.2, 0.25) is 0 Å². The lowest BCUT2D eigenvalue weighted by Crippen LogP contribution is -2.30. The molecule has 0 saturated carbocycles. The fraction of sp³-hybridized carbons (Fsp3) is 0.949. The number of hydrogen-bond donors (Lipinski definition) is 3. The van der Waals surface area contributed by atoms with Crippen molar-refractivity contribution in [1.29, 1.82) is 0 Å². The minimum Gasteiger partial charge on any atom is -0.462 e. The van der Waals surface area contributed by atoms with Gasteiger partial charge in [0, 0.05) is 25.7 Å². The van der Waals surface area contributed by atoms with Crippen LogP contribution in [0.5, 0.6) is 0 Å². The van der Waals surface area contributed by atoms with Crippen LogP contribution in [0.25, 0.3) is 0 Å². The summed E-state index contributed by atoms with van der Waals surface area (Å²) in [5, 5.41) is 10.6. The second-order valence-corrected chi connectivity index (χ2v) is 31.8. The smallest absolute Gasteiger partial charge is 0.462 e. The molecule has 0 heterocycles. The quantitative estimate of drug-likeness (QED) is 0.0222. The lowest BCUT2D eigenvalue weighted by atomic mass is 10.0. The summed E-state index contributed by atoms with van der Waals surface area (Å²) in [5.74, 6) is -1.29. The van der Waals surface area contributed by atoms with Crippen molar-refractivity contribution in [3.05, 3.63) is 0 Å². The molecule has 0 aromatic heterocycles. The van der Waals surface area contributed by atoms with E-state index in [1.54, 1.807) is 0 Å². The normalized spacial score (nSPS) is 13.9. The minimum atomic E-state index is -4.96. The van der Waals surface area contributed by atoms with E-state index >= 15 is 0 Å². The van der Waals surface area contributed by atoms with E-state index in [1.165, 1.54) is 238 Å². The molecule has 2 unspecified atom stereocenters. The highest BCUT2D eigenvalue weighted by molar-refractivity contribution is 7.47. The highest BCUT2D eigenvalue weighted by Crippen LogP contribution is 2.45. The fourth-order valence-electron chi connectivity index (χ4n) is 12.2. The largest absolute Gasteiger partial charge is 0.472 e. The molecule has 0 amide bonds. The summed E-state index contributed by atoms with van der Waals surface area (Å²) in [6.45, 7) is 7.32. The zero-order valence-corrected chi connectivity index (χ0v) is 65.7. The molecular formula is C79H154O17P2. The maximum atomic E-state index is 13.1. The lowest BCUT2D eigenvalue weighted by Gasteiger charge is -2.21. The van der Waals surface area contributed by atoms with Crippen LogP contribution in [0, 0.1) is 5.92 Å². The summed E-state index contributed by atoms with van der Waals surface area (Å²) in [7, 11) is -9.91. The third kappa shape index (κ3) is 72.4. The van der Waals surface area contributed by atoms with Crippen LogP contribution in [-0.2, 0) is 65.4 Å². The number of ether oxygens (including phenoxy) is 4. The molecule has 0 aliphatic heterocycles. The van der Waals surface area contributed by atoms with Gasteiger partial charge in [0.15, 0.2) is 12.2 Å². The van der Waals surface area contributed by atoms with E-state index in [-0.39, 0.29) is 25.7 Å². The van der Waals surface area contributed by atoms with E-state index in [4.69, 9.17) is 37.0 Å². The van der Waals surface area contributed by atoms with Crippen LogP contribution in [0.4, 0.5) is 0 Å². The average Bonchev–Trinajstić information content (AvgIpc) is 1.09. The van der Waals surface area contributed by atoms with E-state index in [2.05, 4.69) is 34.6 Å². The van der Waals surface area contributed by atoms with Crippen molar-refractivity contribution in [2.75, 3.05) is 39.6 Å². The van der Waals surface area contributed by atoms with Crippen molar-refractivity contribution >= 4 is 39.5 Å². The first-order valence-corrected chi connectivity index (χ1v) is 44.1. The Kier molecular flexibility index (Phi) is 70.6. The molecule has 582 valence electrons. The van der Waals surface area contributed by atoms with Crippen LogP contribution in [0.15, 0.2) is 0 Å². The Morgan fingerprint density at radius 1 is 0.276 bits per heavy atom. The van der Waals surface area contributed by atoms with Crippen molar-refractivity contribution in [3.8, 4) is 0 Å². The van der Waals surface area contributed by atoms with Gasteiger partial charge in [-0.15, -0.1) is 0 Å². The average molecular weight is 1440 g/mol. The predicted molar refractivity (Wildman–Crippen MR) is 400 cm³/mol. The Morgan fingerprint density at radius 2 is 0.469 bits per heavy atom. The van der Waals surface area contributed by atoms with Crippen molar-refractivity contribution in [2.24, 2.45) is 5.92 Å². The monoisotopic (exact) mass is 1440 g/mol. The van der Waals surface area contributed by atoms with Gasteiger partial charge in [-0.3, -0.25) is 37.3 Å². The van der Waals surface area contributed by atoms with Crippen LogP contribution in [0.1, 0.15) is 420 Å². The molecule has 19 heteroatoms. The Hall–Kier alpha value is -1.94. The van der Waals surface area contributed by atoms with Gasteiger partial charge in [0.1, 0.15) is 19.3 Å². The molecule has 0 fully saturated rings. The van der Waals surface area contributed by atoms with Gasteiger partial charge in [-0.05, 0) is 31.6 Å². The van der Waals surface area contributed by atoms with Crippen LogP contribution in [0.3, 0.4) is 0 Å². The standard InChI is InChI=1S/C79H154O17P2/c1-6-9-12-15-18-21-23-25-26-29-33-36-40-43-48-53-58-63-77(82)90-69-75(96-79(84)65-60-55-50-45-41-37-34-31-28-27-30-32-35-38-42-46-51-56-61-72(4)5)71-94-98(87,88)92-67-73(80)66-91-97(85,86)93-70-74(68-89-76(81)62-57-52-47-20-17-14-11-8-3)95-78(83)64-59-54-49-44-39-24-22-19-16-13-10-7-2/h72-75,80H,6-71H2,1-5H3,(H,85,86)(H,87,88)/t73-,74+,75+/m0/s1. The number of carbonyl (C=O) groups is 4. The minimum absolute atomic E-state index is 0.108. The summed E-state index contributed by atoms with van der Waals surface area (Å²) < 4.78 is 68.5. The second kappa shape index (κ2) is 72.0. The Labute approximate surface area is 600 Å². The third-order valence-corrected chi connectivity index (χ3v) is 20.4. The molecule has 0 aromatic carbocycles. The van der Waals surface area contributed by atoms with Gasteiger partial charge in [-0.2, -0.15) is 0 Å². The van der Waals surface area contributed by atoms with Crippen LogP contribution < -0.4 is 0 Å². The van der Waals surface area contributed by atoms with E-state index in [1.807, 2.05) is 0 Å². The van der Waals surface area contributed by atoms with E-state index in [0.717, 1.165) is 102 Å². The molecule has 98 heavy (non-hydrogen) atoms. The first kappa shape index (κ1) is 96.1. The number of aliphatic hydroxyl groups excluding tert-OH is 1. The number of rotatable bonds is 79. The molecule has 0 aliphatic rings. The Balaban J connectivity index is 5.18. The van der Waals surface area contributed by atoms with E-state index in [9.17, 15) is 43.2 Å². The summed E-state index contributed by atoms with van der Waals surface area (Å²) >= 11 is 0. The Morgan fingerprint density at radius 3 is 0.694 bits per heavy atom. The third-order valence-electron chi connectivity index (χ3n) is 18.5. The zero-order chi connectivity index (χ0) is 71.9. The van der Waals surface area contributed by atoms with Gasteiger partial charge in [0.25, 0.3) is 0 Å². The van der Waals surface area contributed by atoms with Crippen LogP contribution >= 0.6 is 15.6 Å². The maximum Gasteiger partial charge on any atom is 0.472 e. The van der Waals surface area contributed by atoms with Gasteiger partial charge < -0.3 is 33.8 Å². The summed E-state index contributed by atoms with van der Waals surface area (Å²) in [4.78, 5) is 72.8. The second-order valence-electron chi connectivity index (χ2n) is 28.9. The molecule has 0 spiro atoms. The van der Waals surface area contributed by atoms with E-state index < -0.39 is 97.5 Å². The molecule has 0 bridgehead atoms. The van der Waals surface area contributed by atoms with Gasteiger partial charge in [-0.25, -0.2) is 9.13 Å². The Bertz CT molecular complexity index is 1870. The molecule has 0 saturated heterocycles. The highest BCUT2D eigenvalue weighted by Gasteiger charge is 2.30. The number of phosphoric acid groups is 2. The molecule has 0 aromatic rings. The summed E-state index contributed by atoms with van der Waals surface area (Å²) in [6, 6.07) is 0. The predicted octanol–water partition coefficient (Wildman–Crippen LogP) is 23.6. The van der Waals surface area contributed by atoms with Gasteiger partial charge in [0.2, 0.25) is 0 Å². The summed E-state index contributed by atoms with van der Waals surface area (Å²) in [6.07, 6.45) is 62.5. The topological polar surface area (TPSA) is 237 Å². The number of phosphoric ester groups is 2. The lowest BCUT2D eigenvalue weighted by molar-refractivity contribution is -0.161. The number of esters is 4. The molecule has 0 rings (SSSR count). The molecule has 17 nitrogen and oxygen atoms in total. The van der Waals surface area contributed by atoms with Crippen LogP contribution in [-0.4, -0.2) is 96.7 Å². The first-order chi connectivity index (χ1) is 47.5. The number of hydrogen-bond acceptors (Lipinski definition) is 15. The van der Waals surface area contributed by atoms with Crippen molar-refractivity contribution in [3.63, 3.8) is 0 Å². The number of aliphatic hydroxyl groups is 1. The van der Waals surface area contributed by atoms with Crippen molar-refractivity contribution in [2.45, 2.75) is 438 Å². The SMILES string of the molecule is CCCCCCCCCCCCCCCCCCCC(=O)OC[C@H](COP(=O)(O)OC[C@@H](O)COP(=O)(O)OC[C@@H](COC(=O)CCCCCCCCCC)OC(=O)CCCCCCCCCCCCCC)OC(=O)CCCCCCCCCCCCCCCCCCCCC(C)C. The number of carbonyl (C=O) groups excluding carboxylic acids is 4. The van der Waals surface area contributed by atoms with Gasteiger partial charge in [0.05, 0.1) is 26.4 Å². The van der Waals surface area contributed by atoms with Gasteiger partial charge >= 0.3 is 39.5 Å². The first-order valence-electron chi connectivity index (χ1n) is 41.1.